The van der Waals surface area contributed by atoms with Crippen LogP contribution in [0.4, 0.5) is 17.1 Å². The van der Waals surface area contributed by atoms with E-state index in [-0.39, 0.29) is 24.0 Å². The van der Waals surface area contributed by atoms with E-state index in [9.17, 15) is 19.5 Å². The minimum Gasteiger partial charge on any atom is -0.508 e. The standard InChI is InChI=1S/C42H36ClN3O6/c43-26-9-6-10-29(23-26)46-39(49)34-24-33-30(37(31-11-4-5-12-35(31)47)42(34,41(46)51)25-7-2-1-3-8-25)17-18-32-36(33)40(50)45(38(32)48)28-15-13-27(14-16-28)44-19-21-52-22-20-44/h1-17,23,32-34,36-37,47H,18-22,24H2/t32-,33+,34-,36-,37+,42+/m0/s1. The highest BCUT2D eigenvalue weighted by molar-refractivity contribution is 6.32. The summed E-state index contributed by atoms with van der Waals surface area (Å²) in [6.45, 7) is 2.82. The number of carbonyl (C=O) groups is 4. The molecule has 0 aromatic heterocycles. The zero-order chi connectivity index (χ0) is 35.7. The Kier molecular flexibility index (Phi) is 7.82. The molecule has 1 N–H and O–H groups in total. The predicted molar refractivity (Wildman–Crippen MR) is 196 cm³/mol. The lowest BCUT2D eigenvalue weighted by atomic mass is 9.49. The molecule has 2 aliphatic carbocycles. The number of ether oxygens (including phenoxy) is 1. The first kappa shape index (κ1) is 32.6. The molecule has 262 valence electrons. The Bertz CT molecular complexity index is 2150. The molecule has 9 nitrogen and oxygen atoms in total. The van der Waals surface area contributed by atoms with Crippen molar-refractivity contribution < 1.29 is 29.0 Å². The van der Waals surface area contributed by atoms with Crippen LogP contribution in [0.25, 0.3) is 0 Å². The minimum atomic E-state index is -1.45. The molecule has 3 saturated heterocycles. The molecule has 0 spiro atoms. The molecule has 1 saturated carbocycles. The van der Waals surface area contributed by atoms with Crippen LogP contribution < -0.4 is 14.7 Å². The van der Waals surface area contributed by atoms with Gasteiger partial charge in [-0.15, -0.1) is 0 Å². The summed E-state index contributed by atoms with van der Waals surface area (Å²) in [7, 11) is 0. The second-order valence-corrected chi connectivity index (χ2v) is 14.7. The van der Waals surface area contributed by atoms with Crippen LogP contribution in [0.2, 0.25) is 5.02 Å². The van der Waals surface area contributed by atoms with Gasteiger partial charge >= 0.3 is 0 Å². The van der Waals surface area contributed by atoms with Crippen LogP contribution >= 0.6 is 11.6 Å². The SMILES string of the molecule is O=C1[C@H]2[C@H](CC=C3[C@H]2C[C@H]2C(=O)N(c4cccc(Cl)c4)C(=O)[C@@]2(c2ccccc2)[C@H]3c2ccccc2O)C(=O)N1c1ccc(N2CCOCC2)cc1. The van der Waals surface area contributed by atoms with Gasteiger partial charge < -0.3 is 14.7 Å². The van der Waals surface area contributed by atoms with Gasteiger partial charge in [0, 0.05) is 35.3 Å². The fourth-order valence-electron chi connectivity index (χ4n) is 9.71. The molecule has 4 aromatic rings. The maximum Gasteiger partial charge on any atom is 0.246 e. The third-order valence-electron chi connectivity index (χ3n) is 11.9. The van der Waals surface area contributed by atoms with Gasteiger partial charge in [-0.25, -0.2) is 4.90 Å². The molecular formula is C42H36ClN3O6. The first-order valence-electron chi connectivity index (χ1n) is 17.8. The lowest BCUT2D eigenvalue weighted by Crippen LogP contribution is -2.53. The van der Waals surface area contributed by atoms with Crippen molar-refractivity contribution in [3.63, 3.8) is 0 Å². The molecule has 0 bridgehead atoms. The molecule has 4 amide bonds. The summed E-state index contributed by atoms with van der Waals surface area (Å²) in [4.78, 5) is 63.7. The average Bonchev–Trinajstić information content (AvgIpc) is 3.56. The number of hydrogen-bond acceptors (Lipinski definition) is 7. The van der Waals surface area contributed by atoms with E-state index in [0.717, 1.165) is 24.4 Å². The summed E-state index contributed by atoms with van der Waals surface area (Å²) in [5, 5.41) is 11.9. The zero-order valence-electron chi connectivity index (χ0n) is 28.2. The Labute approximate surface area is 306 Å². The molecule has 52 heavy (non-hydrogen) atoms. The number of imide groups is 2. The molecule has 3 aliphatic heterocycles. The van der Waals surface area contributed by atoms with Crippen molar-refractivity contribution >= 4 is 52.3 Å². The Hall–Kier alpha value is -5.25. The first-order chi connectivity index (χ1) is 25.3. The molecule has 4 fully saturated rings. The molecule has 4 aromatic carbocycles. The summed E-state index contributed by atoms with van der Waals surface area (Å²) in [6.07, 6.45) is 2.47. The quantitative estimate of drug-likeness (QED) is 0.193. The van der Waals surface area contributed by atoms with E-state index in [1.165, 1.54) is 9.80 Å². The van der Waals surface area contributed by atoms with Crippen LogP contribution in [0.1, 0.15) is 29.9 Å². The van der Waals surface area contributed by atoms with Crippen molar-refractivity contribution in [2.75, 3.05) is 41.0 Å². The number of carbonyl (C=O) groups excluding carboxylic acids is 4. The van der Waals surface area contributed by atoms with Crippen molar-refractivity contribution in [1.82, 2.24) is 0 Å². The Morgan fingerprint density at radius 2 is 1.42 bits per heavy atom. The number of allylic oxidation sites excluding steroid dienone is 2. The fraction of sp³-hybridized carbons (Fsp3) is 0.286. The molecule has 5 aliphatic rings. The van der Waals surface area contributed by atoms with Crippen LogP contribution in [-0.4, -0.2) is 55.0 Å². The summed E-state index contributed by atoms with van der Waals surface area (Å²) in [6, 6.07) is 30.4. The van der Waals surface area contributed by atoms with Crippen molar-refractivity contribution in [1.29, 1.82) is 0 Å². The van der Waals surface area contributed by atoms with Crippen LogP contribution in [-0.2, 0) is 29.3 Å². The van der Waals surface area contributed by atoms with E-state index in [2.05, 4.69) is 4.90 Å². The van der Waals surface area contributed by atoms with E-state index in [0.29, 0.717) is 47.2 Å². The number of aromatic hydroxyl groups is 1. The summed E-state index contributed by atoms with van der Waals surface area (Å²) in [5.41, 5.74) is 2.35. The second kappa shape index (κ2) is 12.5. The number of rotatable bonds is 5. The average molecular weight is 714 g/mol. The number of fused-ring (bicyclic) bond motifs is 4. The number of para-hydroxylation sites is 1. The maximum absolute atomic E-state index is 15.3. The first-order valence-corrected chi connectivity index (χ1v) is 18.2. The van der Waals surface area contributed by atoms with Crippen LogP contribution in [0, 0.1) is 23.7 Å². The molecule has 9 rings (SSSR count). The number of hydrogen-bond donors (Lipinski definition) is 1. The van der Waals surface area contributed by atoms with E-state index in [4.69, 9.17) is 16.3 Å². The van der Waals surface area contributed by atoms with Crippen LogP contribution in [0.15, 0.2) is 115 Å². The highest BCUT2D eigenvalue weighted by atomic mass is 35.5. The molecule has 0 radical (unpaired) electrons. The van der Waals surface area contributed by atoms with Gasteiger partial charge in [0.05, 0.1) is 47.8 Å². The van der Waals surface area contributed by atoms with Crippen molar-refractivity contribution in [2.45, 2.75) is 24.2 Å². The lowest BCUT2D eigenvalue weighted by Gasteiger charge is -2.50. The smallest absolute Gasteiger partial charge is 0.246 e. The van der Waals surface area contributed by atoms with Gasteiger partial charge in [-0.3, -0.25) is 24.1 Å². The monoisotopic (exact) mass is 713 g/mol. The fourth-order valence-corrected chi connectivity index (χ4v) is 9.89. The number of amides is 4. The highest BCUT2D eigenvalue weighted by Crippen LogP contribution is 2.65. The Morgan fingerprint density at radius 3 is 2.15 bits per heavy atom. The number of benzene rings is 4. The third-order valence-corrected chi connectivity index (χ3v) is 12.1. The molecular weight excluding hydrogens is 678 g/mol. The Morgan fingerprint density at radius 1 is 0.712 bits per heavy atom. The number of phenolic OH excluding ortho intramolecular Hbond substituents is 1. The van der Waals surface area contributed by atoms with Crippen LogP contribution in [0.3, 0.4) is 0 Å². The lowest BCUT2D eigenvalue weighted by molar-refractivity contribution is -0.127. The van der Waals surface area contributed by atoms with Gasteiger partial charge in [0.1, 0.15) is 5.75 Å². The van der Waals surface area contributed by atoms with Gasteiger partial charge in [0.25, 0.3) is 0 Å². The van der Waals surface area contributed by atoms with Crippen molar-refractivity contribution in [3.05, 3.63) is 131 Å². The van der Waals surface area contributed by atoms with Gasteiger partial charge in [0.15, 0.2) is 0 Å². The van der Waals surface area contributed by atoms with E-state index in [1.807, 2.05) is 60.7 Å². The number of anilines is 3. The second-order valence-electron chi connectivity index (χ2n) is 14.3. The van der Waals surface area contributed by atoms with Crippen molar-refractivity contribution in [3.8, 4) is 5.75 Å². The number of nitrogens with zero attached hydrogens (tertiary/aromatic N) is 3. The van der Waals surface area contributed by atoms with Crippen LogP contribution in [0.5, 0.6) is 5.75 Å². The zero-order valence-corrected chi connectivity index (χ0v) is 29.0. The normalized spacial score (nSPS) is 28.4. The number of phenols is 1. The van der Waals surface area contributed by atoms with Gasteiger partial charge in [-0.2, -0.15) is 0 Å². The van der Waals surface area contributed by atoms with Gasteiger partial charge in [0.2, 0.25) is 23.6 Å². The summed E-state index contributed by atoms with van der Waals surface area (Å²) in [5.74, 6) is -5.00. The largest absolute Gasteiger partial charge is 0.508 e. The molecule has 6 atom stereocenters. The van der Waals surface area contributed by atoms with E-state index >= 15 is 4.79 Å². The summed E-state index contributed by atoms with van der Waals surface area (Å²) >= 11 is 6.40. The number of morpholine rings is 1. The Balaban J connectivity index is 1.18. The van der Waals surface area contributed by atoms with E-state index < -0.39 is 46.8 Å². The number of halogens is 1. The molecule has 3 heterocycles. The predicted octanol–water partition coefficient (Wildman–Crippen LogP) is 6.25. The minimum absolute atomic E-state index is 0.0116. The topological polar surface area (TPSA) is 107 Å². The molecule has 10 heteroatoms. The summed E-state index contributed by atoms with van der Waals surface area (Å²) < 4.78 is 5.49. The highest BCUT2D eigenvalue weighted by Gasteiger charge is 2.70. The molecule has 0 unspecified atom stereocenters. The van der Waals surface area contributed by atoms with Gasteiger partial charge in [-0.05, 0) is 72.9 Å². The maximum atomic E-state index is 15.3. The third kappa shape index (κ3) is 4.72. The van der Waals surface area contributed by atoms with Gasteiger partial charge in [-0.1, -0.05) is 77.8 Å². The van der Waals surface area contributed by atoms with E-state index in [1.54, 1.807) is 48.5 Å². The van der Waals surface area contributed by atoms with Crippen molar-refractivity contribution in [2.24, 2.45) is 23.7 Å².